The predicted octanol–water partition coefficient (Wildman–Crippen LogP) is 10.8. The van der Waals surface area contributed by atoms with Crippen molar-refractivity contribution in [2.75, 3.05) is 0 Å². The van der Waals surface area contributed by atoms with Crippen LogP contribution in [0.5, 0.6) is 0 Å². The predicted molar refractivity (Wildman–Crippen MR) is 225 cm³/mol. The number of rotatable bonds is 8. The summed E-state index contributed by atoms with van der Waals surface area (Å²) in [6, 6.07) is 0. The third-order valence-corrected chi connectivity index (χ3v) is 113. The summed E-state index contributed by atoms with van der Waals surface area (Å²) in [6.07, 6.45) is 0. The first-order valence-electron chi connectivity index (χ1n) is 15.3. The van der Waals surface area contributed by atoms with E-state index in [-0.39, 0.29) is 0 Å². The first-order valence-corrected chi connectivity index (χ1v) is 52.0. The molecular formula is C28H76Bi4Si8. The van der Waals surface area contributed by atoms with Crippen molar-refractivity contribution in [3.05, 3.63) is 0 Å². The molecule has 0 rings (SSSR count). The summed E-state index contributed by atoms with van der Waals surface area (Å²) >= 11 is 6.54. The van der Waals surface area contributed by atoms with Crippen molar-refractivity contribution in [2.24, 2.45) is 0 Å². The fourth-order valence-electron chi connectivity index (χ4n) is 5.20. The van der Waals surface area contributed by atoms with E-state index < -0.39 is 64.6 Å². The van der Waals surface area contributed by atoms with Gasteiger partial charge in [0, 0.05) is 0 Å². The molecule has 0 fully saturated rings. The molecule has 0 aliphatic heterocycles. The average molecular weight is 1470 g/mol. The van der Waals surface area contributed by atoms with Crippen molar-refractivity contribution in [3.63, 3.8) is 0 Å². The Morgan fingerprint density at radius 2 is 0.250 bits per heavy atom. The fraction of sp³-hybridized carbons (Fsp3) is 1.00. The van der Waals surface area contributed by atoms with Gasteiger partial charge < -0.3 is 0 Å². The maximum absolute atomic E-state index is 2.51. The Kier molecular flexibility index (Phi) is 25.3. The van der Waals surface area contributed by atoms with Crippen molar-refractivity contribution < 1.29 is 0 Å². The Bertz CT molecular complexity index is 503. The third-order valence-electron chi connectivity index (χ3n) is 6.56. The molecule has 0 spiro atoms. The summed E-state index contributed by atoms with van der Waals surface area (Å²) in [5.41, 5.74) is 0. The minimum absolute atomic E-state index is 0.785. The van der Waals surface area contributed by atoms with Gasteiger partial charge in [-0.15, -0.1) is 0 Å². The SMILES string of the molecule is C[Si](C)(C)[CH]([Bi])[Si](C)(C)C.C[Si](C)(C)[CH]([Bi])[Si](C)(C)C.C[Si](C)(C)[CH]([Bi])[Si](C)(C)C.C[Si](C)(C)[CH]([Bi])[Si](C)(C)C. The Morgan fingerprint density at radius 1 is 0.200 bits per heavy atom. The molecule has 0 heterocycles. The van der Waals surface area contributed by atoms with Crippen molar-refractivity contribution in [1.29, 1.82) is 0 Å². The van der Waals surface area contributed by atoms with Gasteiger partial charge in [-0.25, -0.2) is 0 Å². The molecule has 8 radical (unpaired) electrons. The van der Waals surface area contributed by atoms with Gasteiger partial charge in [0.1, 0.15) is 0 Å². The monoisotopic (exact) mass is 1470 g/mol. The van der Waals surface area contributed by atoms with Crippen LogP contribution in [0.4, 0.5) is 0 Å². The Morgan fingerprint density at radius 3 is 0.250 bits per heavy atom. The van der Waals surface area contributed by atoms with Gasteiger partial charge in [0.05, 0.1) is 0 Å². The zero-order chi connectivity index (χ0) is 34.3. The van der Waals surface area contributed by atoms with Crippen molar-refractivity contribution >= 4 is 163 Å². The zero-order valence-electron chi connectivity index (χ0n) is 32.1. The zero-order valence-corrected chi connectivity index (χ0v) is 54.0. The van der Waals surface area contributed by atoms with E-state index in [9.17, 15) is 0 Å². The van der Waals surface area contributed by atoms with Crippen molar-refractivity contribution in [3.8, 4) is 0 Å². The average Bonchev–Trinajstić information content (AvgIpc) is 2.61. The summed E-state index contributed by atoms with van der Waals surface area (Å²) < 4.78 is 4.61. The van der Waals surface area contributed by atoms with E-state index in [1.54, 1.807) is 98.9 Å². The molecule has 0 aliphatic carbocycles. The molecule has 0 aliphatic rings. The van der Waals surface area contributed by atoms with Gasteiger partial charge in [-0.05, 0) is 0 Å². The molecule has 0 saturated heterocycles. The van der Waals surface area contributed by atoms with Gasteiger partial charge in [0.15, 0.2) is 0 Å². The van der Waals surface area contributed by atoms with Crippen molar-refractivity contribution in [2.45, 2.75) is 169 Å². The fourth-order valence-corrected chi connectivity index (χ4v) is 46.8. The molecule has 0 aromatic heterocycles. The second-order valence-corrected chi connectivity index (χ2v) is 89.2. The Hall–Kier alpha value is 5.27. The molecule has 0 amide bonds. The van der Waals surface area contributed by atoms with Gasteiger partial charge in [0.25, 0.3) is 0 Å². The van der Waals surface area contributed by atoms with Crippen LogP contribution in [0.25, 0.3) is 0 Å². The van der Waals surface area contributed by atoms with Gasteiger partial charge in [-0.2, -0.15) is 0 Å². The van der Waals surface area contributed by atoms with E-state index in [0.717, 1.165) is 11.5 Å². The van der Waals surface area contributed by atoms with E-state index in [1.165, 1.54) is 0 Å². The molecule has 0 saturated carbocycles. The first kappa shape index (κ1) is 52.1. The molecular weight excluding hydrogens is 1400 g/mol. The van der Waals surface area contributed by atoms with Gasteiger partial charge >= 0.3 is 332 Å². The number of hydrogen-bond donors (Lipinski definition) is 0. The van der Waals surface area contributed by atoms with Crippen LogP contribution in [-0.2, 0) is 0 Å². The van der Waals surface area contributed by atoms with Crippen LogP contribution < -0.4 is 0 Å². The van der Waals surface area contributed by atoms with Crippen LogP contribution in [0, 0.1) is 0 Å². The van der Waals surface area contributed by atoms with Crippen LogP contribution >= 0.6 is 0 Å². The number of hydrogen-bond acceptors (Lipinski definition) is 0. The summed E-state index contributed by atoms with van der Waals surface area (Å²) in [4.78, 5) is 0. The van der Waals surface area contributed by atoms with E-state index in [0.29, 0.717) is 0 Å². The summed E-state index contributed by atoms with van der Waals surface area (Å²) in [5, 5.41) is 0. The molecule has 0 nitrogen and oxygen atoms in total. The Balaban J connectivity index is -0.000000216. The van der Waals surface area contributed by atoms with E-state index in [1.807, 2.05) is 0 Å². The summed E-state index contributed by atoms with van der Waals surface area (Å²) in [5.74, 6) is 0. The summed E-state index contributed by atoms with van der Waals surface area (Å²) in [6.45, 7) is 60.2. The van der Waals surface area contributed by atoms with Gasteiger partial charge in [0.2, 0.25) is 0 Å². The molecule has 40 heavy (non-hydrogen) atoms. The molecule has 0 N–H and O–H groups in total. The summed E-state index contributed by atoms with van der Waals surface area (Å²) in [7, 11) is -6.28. The second kappa shape index (κ2) is 19.5. The molecule has 0 aromatic carbocycles. The topological polar surface area (TPSA) is 0 Å². The minimum atomic E-state index is -0.785. The van der Waals surface area contributed by atoms with E-state index in [4.69, 9.17) is 0 Å². The van der Waals surface area contributed by atoms with E-state index in [2.05, 4.69) is 157 Å². The third kappa shape index (κ3) is 27.2. The molecule has 0 unspecified atom stereocenters. The van der Waals surface area contributed by atoms with Crippen molar-refractivity contribution in [1.82, 2.24) is 0 Å². The van der Waals surface area contributed by atoms with Crippen LogP contribution in [0.2, 0.25) is 169 Å². The van der Waals surface area contributed by atoms with Gasteiger partial charge in [-0.1, -0.05) is 0 Å². The van der Waals surface area contributed by atoms with Gasteiger partial charge in [-0.3, -0.25) is 0 Å². The van der Waals surface area contributed by atoms with E-state index >= 15 is 0 Å². The second-order valence-electron chi connectivity index (χ2n) is 20.5. The molecule has 0 atom stereocenters. The molecule has 12 heteroatoms. The normalized spacial score (nSPS) is 14.4. The maximum atomic E-state index is 2.51. The molecule has 0 aromatic rings. The van der Waals surface area contributed by atoms with Crippen LogP contribution in [0.1, 0.15) is 0 Å². The molecule has 0 bridgehead atoms. The molecule has 240 valence electrons. The first-order chi connectivity index (χ1) is 16.6. The van der Waals surface area contributed by atoms with Crippen LogP contribution in [0.3, 0.4) is 0 Å². The standard InChI is InChI=1S/4C7H19Si2.4Bi/c4*1-8(2,3)7-9(4,5)6;;;;/h4*7H,1-6H3;;;;. The quantitative estimate of drug-likeness (QED) is 0.213. The Labute approximate surface area is 327 Å². The van der Waals surface area contributed by atoms with Crippen LogP contribution in [0.15, 0.2) is 0 Å². The van der Waals surface area contributed by atoms with Crippen LogP contribution in [-0.4, -0.2) is 163 Å².